The Labute approximate surface area is 129 Å². The smallest absolute Gasteiger partial charge is 0.320 e. The second-order valence-electron chi connectivity index (χ2n) is 5.34. The van der Waals surface area contributed by atoms with Gasteiger partial charge in [0, 0.05) is 31.2 Å². The van der Waals surface area contributed by atoms with Crippen LogP contribution in [0.2, 0.25) is 5.02 Å². The number of nitrogens with zero attached hydrogens (tertiary/aromatic N) is 2. The van der Waals surface area contributed by atoms with Crippen LogP contribution in [0.15, 0.2) is 24.3 Å². The fourth-order valence-corrected chi connectivity index (χ4v) is 2.45. The van der Waals surface area contributed by atoms with Crippen molar-refractivity contribution >= 4 is 23.6 Å². The molecule has 0 radical (unpaired) electrons. The zero-order valence-corrected chi connectivity index (χ0v) is 12.7. The molecule has 114 valence electrons. The van der Waals surface area contributed by atoms with Crippen molar-refractivity contribution in [3.8, 4) is 0 Å². The molecule has 0 atom stereocenters. The Morgan fingerprint density at radius 2 is 2.10 bits per heavy atom. The summed E-state index contributed by atoms with van der Waals surface area (Å²) in [4.78, 5) is 26.4. The Morgan fingerprint density at radius 1 is 1.38 bits per heavy atom. The summed E-state index contributed by atoms with van der Waals surface area (Å²) in [5, 5.41) is 9.42. The molecule has 0 saturated heterocycles. The summed E-state index contributed by atoms with van der Waals surface area (Å²) in [6.07, 6.45) is 1.89. The Bertz CT molecular complexity index is 531. The van der Waals surface area contributed by atoms with Gasteiger partial charge in [-0.3, -0.25) is 4.79 Å². The predicted octanol–water partition coefficient (Wildman–Crippen LogP) is 2.83. The number of benzene rings is 1. The van der Waals surface area contributed by atoms with E-state index in [-0.39, 0.29) is 25.0 Å². The summed E-state index contributed by atoms with van der Waals surface area (Å²) in [6.45, 7) is 0.717. The first-order chi connectivity index (χ1) is 9.97. The normalized spacial score (nSPS) is 13.8. The molecule has 0 unspecified atom stereocenters. The summed E-state index contributed by atoms with van der Waals surface area (Å²) in [6, 6.07) is 7.44. The first-order valence-electron chi connectivity index (χ1n) is 6.95. The largest absolute Gasteiger partial charge is 0.481 e. The van der Waals surface area contributed by atoms with Crippen LogP contribution in [-0.2, 0) is 11.3 Å². The number of aliphatic carboxylic acids is 1. The summed E-state index contributed by atoms with van der Waals surface area (Å²) in [7, 11) is 1.72. The van der Waals surface area contributed by atoms with Gasteiger partial charge in [0.05, 0.1) is 6.42 Å². The van der Waals surface area contributed by atoms with Crippen LogP contribution in [0.1, 0.15) is 24.8 Å². The van der Waals surface area contributed by atoms with Crippen molar-refractivity contribution < 1.29 is 14.7 Å². The number of hydrogen-bond acceptors (Lipinski definition) is 2. The van der Waals surface area contributed by atoms with E-state index in [1.165, 1.54) is 0 Å². The van der Waals surface area contributed by atoms with Gasteiger partial charge < -0.3 is 14.9 Å². The second kappa shape index (κ2) is 6.80. The van der Waals surface area contributed by atoms with Gasteiger partial charge in [0.15, 0.2) is 0 Å². The van der Waals surface area contributed by atoms with Crippen molar-refractivity contribution in [2.24, 2.45) is 0 Å². The fraction of sp³-hybridized carbons (Fsp3) is 0.467. The molecule has 1 aliphatic carbocycles. The lowest BCUT2D eigenvalue weighted by Crippen LogP contribution is -2.43. The highest BCUT2D eigenvalue weighted by Crippen LogP contribution is 2.28. The zero-order valence-electron chi connectivity index (χ0n) is 12.0. The predicted molar refractivity (Wildman–Crippen MR) is 80.3 cm³/mol. The standard InChI is InChI=1S/C15H19ClN2O3/c1-17(10-11-3-2-4-12(16)9-11)15(21)18(13-5-6-13)8-7-14(19)20/h2-4,9,13H,5-8,10H2,1H3,(H,19,20). The first-order valence-corrected chi connectivity index (χ1v) is 7.33. The van der Waals surface area contributed by atoms with E-state index in [4.69, 9.17) is 16.7 Å². The van der Waals surface area contributed by atoms with Crippen molar-refractivity contribution in [2.75, 3.05) is 13.6 Å². The molecule has 21 heavy (non-hydrogen) atoms. The molecule has 0 spiro atoms. The Balaban J connectivity index is 1.97. The molecule has 1 N–H and O–H groups in total. The van der Waals surface area contributed by atoms with E-state index in [0.717, 1.165) is 18.4 Å². The third-order valence-electron chi connectivity index (χ3n) is 3.44. The van der Waals surface area contributed by atoms with E-state index >= 15 is 0 Å². The van der Waals surface area contributed by atoms with Crippen molar-refractivity contribution in [2.45, 2.75) is 31.8 Å². The molecule has 1 fully saturated rings. The number of carboxylic acids is 1. The lowest BCUT2D eigenvalue weighted by Gasteiger charge is -2.28. The first kappa shape index (κ1) is 15.6. The molecule has 1 aliphatic rings. The molecule has 6 heteroatoms. The Morgan fingerprint density at radius 3 is 2.67 bits per heavy atom. The van der Waals surface area contributed by atoms with Gasteiger partial charge in [-0.15, -0.1) is 0 Å². The molecule has 1 aromatic rings. The summed E-state index contributed by atoms with van der Waals surface area (Å²) < 4.78 is 0. The maximum absolute atomic E-state index is 12.5. The number of carbonyl (C=O) groups is 2. The molecule has 2 rings (SSSR count). The third-order valence-corrected chi connectivity index (χ3v) is 3.67. The summed E-state index contributed by atoms with van der Waals surface area (Å²) in [5.74, 6) is -0.883. The highest BCUT2D eigenvalue weighted by Gasteiger charge is 2.34. The Hall–Kier alpha value is -1.75. The zero-order chi connectivity index (χ0) is 15.4. The number of hydrogen-bond donors (Lipinski definition) is 1. The average Bonchev–Trinajstić information content (AvgIpc) is 3.23. The van der Waals surface area contributed by atoms with E-state index in [2.05, 4.69) is 0 Å². The topological polar surface area (TPSA) is 60.9 Å². The van der Waals surface area contributed by atoms with Gasteiger partial charge in [-0.1, -0.05) is 23.7 Å². The van der Waals surface area contributed by atoms with Crippen LogP contribution in [0.3, 0.4) is 0 Å². The highest BCUT2D eigenvalue weighted by molar-refractivity contribution is 6.30. The van der Waals surface area contributed by atoms with Crippen molar-refractivity contribution in [1.29, 1.82) is 0 Å². The molecule has 1 aromatic carbocycles. The second-order valence-corrected chi connectivity index (χ2v) is 5.77. The molecular formula is C15H19ClN2O3. The lowest BCUT2D eigenvalue weighted by atomic mass is 10.2. The van der Waals surface area contributed by atoms with E-state index in [1.54, 1.807) is 22.9 Å². The highest BCUT2D eigenvalue weighted by atomic mass is 35.5. The number of carbonyl (C=O) groups excluding carboxylic acids is 1. The van der Waals surface area contributed by atoms with Crippen molar-refractivity contribution in [1.82, 2.24) is 9.80 Å². The molecule has 5 nitrogen and oxygen atoms in total. The summed E-state index contributed by atoms with van der Waals surface area (Å²) in [5.41, 5.74) is 0.951. The van der Waals surface area contributed by atoms with Crippen LogP contribution in [0, 0.1) is 0 Å². The van der Waals surface area contributed by atoms with Gasteiger partial charge in [-0.2, -0.15) is 0 Å². The fourth-order valence-electron chi connectivity index (χ4n) is 2.23. The van der Waals surface area contributed by atoms with Gasteiger partial charge in [-0.05, 0) is 30.5 Å². The minimum Gasteiger partial charge on any atom is -0.481 e. The molecule has 0 heterocycles. The monoisotopic (exact) mass is 310 g/mol. The number of rotatable bonds is 6. The molecular weight excluding hydrogens is 292 g/mol. The van der Waals surface area contributed by atoms with E-state index in [9.17, 15) is 9.59 Å². The van der Waals surface area contributed by atoms with Crippen molar-refractivity contribution in [3.05, 3.63) is 34.9 Å². The van der Waals surface area contributed by atoms with Gasteiger partial charge >= 0.3 is 12.0 Å². The maximum atomic E-state index is 12.5. The van der Waals surface area contributed by atoms with Crippen LogP contribution in [0.25, 0.3) is 0 Å². The molecule has 0 aliphatic heterocycles. The van der Waals surface area contributed by atoms with Crippen LogP contribution in [-0.4, -0.2) is 46.5 Å². The van der Waals surface area contributed by atoms with Gasteiger partial charge in [0.2, 0.25) is 0 Å². The molecule has 0 aromatic heterocycles. The lowest BCUT2D eigenvalue weighted by molar-refractivity contribution is -0.137. The van der Waals surface area contributed by atoms with Gasteiger partial charge in [-0.25, -0.2) is 4.79 Å². The van der Waals surface area contributed by atoms with Crippen molar-refractivity contribution in [3.63, 3.8) is 0 Å². The molecule has 1 saturated carbocycles. The van der Waals surface area contributed by atoms with Crippen LogP contribution in [0.4, 0.5) is 4.79 Å². The average molecular weight is 311 g/mol. The Kier molecular flexibility index (Phi) is 5.07. The molecule has 2 amide bonds. The third kappa shape index (κ3) is 4.63. The van der Waals surface area contributed by atoms with Crippen LogP contribution < -0.4 is 0 Å². The van der Waals surface area contributed by atoms with E-state index in [0.29, 0.717) is 11.6 Å². The molecule has 0 bridgehead atoms. The van der Waals surface area contributed by atoms with Gasteiger partial charge in [0.25, 0.3) is 0 Å². The maximum Gasteiger partial charge on any atom is 0.320 e. The number of amides is 2. The quantitative estimate of drug-likeness (QED) is 0.879. The van der Waals surface area contributed by atoms with Crippen LogP contribution >= 0.6 is 11.6 Å². The van der Waals surface area contributed by atoms with Crippen LogP contribution in [0.5, 0.6) is 0 Å². The minimum absolute atomic E-state index is 0.0206. The summed E-state index contributed by atoms with van der Waals surface area (Å²) >= 11 is 5.94. The van der Waals surface area contributed by atoms with E-state index < -0.39 is 5.97 Å². The SMILES string of the molecule is CN(Cc1cccc(Cl)c1)C(=O)N(CCC(=O)O)C1CC1. The van der Waals surface area contributed by atoms with Gasteiger partial charge in [0.1, 0.15) is 0 Å². The minimum atomic E-state index is -0.883. The number of carboxylic acid groups (broad SMARTS) is 1. The number of urea groups is 1. The van der Waals surface area contributed by atoms with E-state index in [1.807, 2.05) is 18.2 Å². The number of halogens is 1.